The summed E-state index contributed by atoms with van der Waals surface area (Å²) in [5, 5.41) is -0.00722. The Morgan fingerprint density at radius 2 is 1.94 bits per heavy atom. The molecule has 8 heteroatoms. The smallest absolute Gasteiger partial charge is 0.246 e. The lowest BCUT2D eigenvalue weighted by molar-refractivity contribution is -0.142. The van der Waals surface area contributed by atoms with Crippen LogP contribution in [0.5, 0.6) is 0 Å². The van der Waals surface area contributed by atoms with Gasteiger partial charge in [-0.2, -0.15) is 13.2 Å². The van der Waals surface area contributed by atoms with Crippen LogP contribution in [0.1, 0.15) is 23.4 Å². The van der Waals surface area contributed by atoms with E-state index in [9.17, 15) is 22.0 Å². The second-order valence-corrected chi connectivity index (χ2v) is 4.44. The van der Waals surface area contributed by atoms with E-state index in [0.29, 0.717) is 0 Å². The Kier molecular flexibility index (Phi) is 4.49. The minimum atomic E-state index is -4.72. The molecule has 16 heavy (non-hydrogen) atoms. The van der Waals surface area contributed by atoms with Crippen molar-refractivity contribution in [3.63, 3.8) is 0 Å². The predicted molar refractivity (Wildman–Crippen MR) is 59.5 cm³/mol. The lowest BCUT2D eigenvalue weighted by Crippen LogP contribution is -2.14. The van der Waals surface area contributed by atoms with Gasteiger partial charge in [-0.1, -0.05) is 15.9 Å². The molecule has 1 aromatic heterocycles. The summed E-state index contributed by atoms with van der Waals surface area (Å²) in [6, 6.07) is 0.969. The zero-order valence-electron chi connectivity index (χ0n) is 7.45. The van der Waals surface area contributed by atoms with Crippen molar-refractivity contribution in [1.82, 2.24) is 4.98 Å². The Morgan fingerprint density at radius 3 is 2.31 bits per heavy atom. The van der Waals surface area contributed by atoms with E-state index in [1.54, 1.807) is 0 Å². The maximum absolute atomic E-state index is 12.5. The first-order valence-corrected chi connectivity index (χ1v) is 6.08. The summed E-state index contributed by atoms with van der Waals surface area (Å²) >= 11 is 4.13. The van der Waals surface area contributed by atoms with Crippen LogP contribution in [0, 0.1) is 3.57 Å². The van der Waals surface area contributed by atoms with Crippen molar-refractivity contribution >= 4 is 38.5 Å². The molecule has 1 heterocycles. The summed E-state index contributed by atoms with van der Waals surface area (Å²) in [4.78, 5) is 3.29. The minimum Gasteiger partial charge on any atom is -0.246 e. The molecule has 0 spiro atoms. The number of rotatable bonds is 2. The van der Waals surface area contributed by atoms with E-state index in [0.717, 1.165) is 6.07 Å². The van der Waals surface area contributed by atoms with Crippen LogP contribution in [0.4, 0.5) is 22.0 Å². The third-order valence-corrected chi connectivity index (χ3v) is 3.39. The monoisotopic (exact) mass is 415 g/mol. The summed E-state index contributed by atoms with van der Waals surface area (Å²) in [6.07, 6.45) is -7.67. The van der Waals surface area contributed by atoms with Gasteiger partial charge < -0.3 is 0 Å². The molecular weight excluding hydrogens is 412 g/mol. The van der Waals surface area contributed by atoms with Gasteiger partial charge in [0.1, 0.15) is 0 Å². The van der Waals surface area contributed by atoms with Gasteiger partial charge in [0, 0.05) is 10.9 Å². The number of hydrogen-bond donors (Lipinski definition) is 0. The quantitative estimate of drug-likeness (QED) is 0.392. The summed E-state index contributed by atoms with van der Waals surface area (Å²) in [5.41, 5.74) is -1.97. The van der Waals surface area contributed by atoms with Gasteiger partial charge in [0.25, 0.3) is 6.43 Å². The molecule has 1 rings (SSSR count). The summed E-state index contributed by atoms with van der Waals surface area (Å²) in [6.45, 7) is 0. The fourth-order valence-electron chi connectivity index (χ4n) is 1.02. The Bertz CT molecular complexity index is 393. The van der Waals surface area contributed by atoms with Crippen LogP contribution in [0.2, 0.25) is 0 Å². The van der Waals surface area contributed by atoms with Crippen molar-refractivity contribution in [2.45, 2.75) is 17.9 Å². The van der Waals surface area contributed by atoms with Gasteiger partial charge >= 0.3 is 6.18 Å². The van der Waals surface area contributed by atoms with E-state index >= 15 is 0 Å². The number of aromatic nitrogens is 1. The zero-order valence-corrected chi connectivity index (χ0v) is 11.2. The Labute approximate surface area is 110 Å². The van der Waals surface area contributed by atoms with Crippen LogP contribution in [-0.4, -0.2) is 4.98 Å². The SMILES string of the molecule is FC(F)c1cc(CBr)nc(C(F)(F)F)c1I. The third-order valence-electron chi connectivity index (χ3n) is 1.68. The van der Waals surface area contributed by atoms with Crippen LogP contribution >= 0.6 is 38.5 Å². The van der Waals surface area contributed by atoms with Crippen LogP contribution in [0.15, 0.2) is 6.07 Å². The molecule has 0 saturated carbocycles. The molecular formula is C8H4BrF5IN. The average Bonchev–Trinajstić information content (AvgIpc) is 2.15. The summed E-state index contributed by atoms with van der Waals surface area (Å²) < 4.78 is 61.9. The fourth-order valence-corrected chi connectivity index (χ4v) is 2.12. The van der Waals surface area contributed by atoms with Crippen LogP contribution in [0.25, 0.3) is 0 Å². The highest BCUT2D eigenvalue weighted by Crippen LogP contribution is 2.36. The number of hydrogen-bond acceptors (Lipinski definition) is 1. The maximum atomic E-state index is 12.5. The van der Waals surface area contributed by atoms with E-state index in [2.05, 4.69) is 20.9 Å². The molecule has 0 fully saturated rings. The number of nitrogens with zero attached hydrogens (tertiary/aromatic N) is 1. The van der Waals surface area contributed by atoms with Gasteiger partial charge in [0.05, 0.1) is 9.26 Å². The molecule has 0 aliphatic heterocycles. The molecule has 0 bridgehead atoms. The molecule has 1 nitrogen and oxygen atoms in total. The number of alkyl halides is 6. The van der Waals surface area contributed by atoms with E-state index in [1.165, 1.54) is 22.6 Å². The minimum absolute atomic E-state index is 0.00722. The van der Waals surface area contributed by atoms with Gasteiger partial charge in [0.15, 0.2) is 5.69 Å². The van der Waals surface area contributed by atoms with Crippen LogP contribution < -0.4 is 0 Å². The largest absolute Gasteiger partial charge is 0.434 e. The van der Waals surface area contributed by atoms with Crippen LogP contribution in [-0.2, 0) is 11.5 Å². The van der Waals surface area contributed by atoms with Crippen LogP contribution in [0.3, 0.4) is 0 Å². The number of halogens is 7. The van der Waals surface area contributed by atoms with E-state index in [1.807, 2.05) is 0 Å². The highest BCUT2D eigenvalue weighted by atomic mass is 127. The van der Waals surface area contributed by atoms with Crippen molar-refractivity contribution in [3.8, 4) is 0 Å². The lowest BCUT2D eigenvalue weighted by atomic mass is 10.2. The second-order valence-electron chi connectivity index (χ2n) is 2.80. The van der Waals surface area contributed by atoms with E-state index in [-0.39, 0.29) is 11.0 Å². The molecule has 0 atom stereocenters. The zero-order chi connectivity index (χ0) is 12.5. The molecule has 0 amide bonds. The van der Waals surface area contributed by atoms with Gasteiger partial charge in [-0.05, 0) is 28.7 Å². The third kappa shape index (κ3) is 3.02. The van der Waals surface area contributed by atoms with Crippen molar-refractivity contribution in [1.29, 1.82) is 0 Å². The highest BCUT2D eigenvalue weighted by molar-refractivity contribution is 14.1. The molecule has 0 saturated heterocycles. The Hall–Kier alpha value is 0.01000. The maximum Gasteiger partial charge on any atom is 0.434 e. The summed E-state index contributed by atoms with van der Waals surface area (Å²) in [5.74, 6) is 0. The van der Waals surface area contributed by atoms with Gasteiger partial charge in [-0.3, -0.25) is 0 Å². The predicted octanol–water partition coefficient (Wildman–Crippen LogP) is 4.54. The molecule has 1 aromatic rings. The van der Waals surface area contributed by atoms with Gasteiger partial charge in [0.2, 0.25) is 0 Å². The van der Waals surface area contributed by atoms with Gasteiger partial charge in [-0.15, -0.1) is 0 Å². The summed E-state index contributed by atoms with van der Waals surface area (Å²) in [7, 11) is 0. The van der Waals surface area contributed by atoms with Crippen molar-refractivity contribution in [2.24, 2.45) is 0 Å². The molecule has 0 aliphatic carbocycles. The first kappa shape index (κ1) is 14.1. The lowest BCUT2D eigenvalue weighted by Gasteiger charge is -2.13. The highest BCUT2D eigenvalue weighted by Gasteiger charge is 2.37. The molecule has 0 radical (unpaired) electrons. The Balaban J connectivity index is 3.44. The fraction of sp³-hybridized carbons (Fsp3) is 0.375. The van der Waals surface area contributed by atoms with Crippen molar-refractivity contribution in [3.05, 3.63) is 26.6 Å². The molecule has 0 aliphatic rings. The first-order valence-electron chi connectivity index (χ1n) is 3.88. The number of pyridine rings is 1. The average molecular weight is 416 g/mol. The topological polar surface area (TPSA) is 12.9 Å². The van der Waals surface area contributed by atoms with E-state index < -0.39 is 27.4 Å². The van der Waals surface area contributed by atoms with Crippen molar-refractivity contribution in [2.75, 3.05) is 0 Å². The van der Waals surface area contributed by atoms with E-state index in [4.69, 9.17) is 0 Å². The van der Waals surface area contributed by atoms with Crippen molar-refractivity contribution < 1.29 is 22.0 Å². The molecule has 90 valence electrons. The molecule has 0 N–H and O–H groups in total. The normalized spacial score (nSPS) is 12.2. The second kappa shape index (κ2) is 5.11. The molecule has 0 aromatic carbocycles. The van der Waals surface area contributed by atoms with Gasteiger partial charge in [-0.25, -0.2) is 13.8 Å². The molecule has 0 unspecified atom stereocenters. The standard InChI is InChI=1S/C8H4BrF5IN/c9-2-3-1-4(7(10)11)5(15)6(16-3)8(12,13)14/h1,7H,2H2. The Morgan fingerprint density at radius 1 is 1.38 bits per heavy atom. The first-order chi connectivity index (χ1) is 7.27.